The zero-order valence-corrected chi connectivity index (χ0v) is 22.3. The van der Waals surface area contributed by atoms with Crippen LogP contribution in [0.25, 0.3) is 0 Å². The highest BCUT2D eigenvalue weighted by Crippen LogP contribution is 2.26. The Morgan fingerprint density at radius 2 is 1.61 bits per heavy atom. The first kappa shape index (κ1) is 27.3. The Labute approximate surface area is 219 Å². The number of ether oxygens (including phenoxy) is 1. The van der Waals surface area contributed by atoms with Crippen LogP contribution in [0.5, 0.6) is 5.75 Å². The third-order valence-corrected chi connectivity index (χ3v) is 6.62. The van der Waals surface area contributed by atoms with Crippen LogP contribution < -0.4 is 10.1 Å². The van der Waals surface area contributed by atoms with Crippen LogP contribution in [0.1, 0.15) is 41.2 Å². The zero-order chi connectivity index (χ0) is 26.1. The third-order valence-electron chi connectivity index (χ3n) is 6.03. The van der Waals surface area contributed by atoms with Crippen molar-refractivity contribution in [3.63, 3.8) is 0 Å². The van der Waals surface area contributed by atoms with Crippen molar-refractivity contribution < 1.29 is 14.3 Å². The zero-order valence-electron chi connectivity index (χ0n) is 21.5. The molecule has 1 N–H and O–H groups in total. The number of halogens is 1. The fourth-order valence-electron chi connectivity index (χ4n) is 4.14. The monoisotopic (exact) mass is 506 g/mol. The molecule has 0 fully saturated rings. The van der Waals surface area contributed by atoms with Gasteiger partial charge in [-0.05, 0) is 61.6 Å². The second-order valence-corrected chi connectivity index (χ2v) is 9.54. The molecule has 0 aliphatic rings. The number of hydrogen-bond donors (Lipinski definition) is 1. The Morgan fingerprint density at radius 3 is 2.25 bits per heavy atom. The predicted molar refractivity (Wildman–Crippen MR) is 145 cm³/mol. The van der Waals surface area contributed by atoms with Crippen molar-refractivity contribution in [2.75, 3.05) is 13.2 Å². The number of nitrogens with one attached hydrogen (secondary N) is 1. The first-order chi connectivity index (χ1) is 17.3. The summed E-state index contributed by atoms with van der Waals surface area (Å²) in [5.41, 5.74) is 4.82. The summed E-state index contributed by atoms with van der Waals surface area (Å²) in [5.74, 6) is 0.155. The molecule has 6 heteroatoms. The van der Waals surface area contributed by atoms with Crippen molar-refractivity contribution in [1.29, 1.82) is 0 Å². The smallest absolute Gasteiger partial charge is 0.261 e. The molecule has 0 aromatic heterocycles. The van der Waals surface area contributed by atoms with Crippen LogP contribution in [0, 0.1) is 20.8 Å². The van der Waals surface area contributed by atoms with E-state index in [1.807, 2.05) is 94.4 Å². The van der Waals surface area contributed by atoms with Crippen molar-refractivity contribution in [3.8, 4) is 5.75 Å². The molecule has 0 saturated carbocycles. The van der Waals surface area contributed by atoms with E-state index < -0.39 is 6.04 Å². The number of rotatable bonds is 11. The van der Waals surface area contributed by atoms with Gasteiger partial charge in [0.05, 0.1) is 0 Å². The van der Waals surface area contributed by atoms with Crippen LogP contribution >= 0.6 is 11.6 Å². The standard InChI is InChI=1S/C30H35ClN2O3/c1-5-14-32-30(35)27(18-24-11-7-6-8-12-24)33(19-25-13-9-10-21(2)15-25)28(34)20-36-26-16-22(3)29(31)23(4)17-26/h6-13,15-17,27H,5,14,18-20H2,1-4H3,(H,32,35)/t27-/m0/s1. The van der Waals surface area contributed by atoms with Crippen LogP contribution in [0.4, 0.5) is 0 Å². The predicted octanol–water partition coefficient (Wildman–Crippen LogP) is 5.81. The van der Waals surface area contributed by atoms with Gasteiger partial charge in [-0.15, -0.1) is 0 Å². The second-order valence-electron chi connectivity index (χ2n) is 9.17. The second kappa shape index (κ2) is 13.1. The quantitative estimate of drug-likeness (QED) is 0.357. The molecule has 0 radical (unpaired) electrons. The molecule has 0 unspecified atom stereocenters. The van der Waals surface area contributed by atoms with E-state index in [0.29, 0.717) is 30.3 Å². The van der Waals surface area contributed by atoms with Gasteiger partial charge in [0.2, 0.25) is 5.91 Å². The number of hydrogen-bond acceptors (Lipinski definition) is 3. The summed E-state index contributed by atoms with van der Waals surface area (Å²) in [7, 11) is 0. The van der Waals surface area contributed by atoms with Crippen LogP contribution in [-0.2, 0) is 22.6 Å². The Bertz CT molecular complexity index is 1160. The summed E-state index contributed by atoms with van der Waals surface area (Å²) in [6.45, 7) is 8.50. The van der Waals surface area contributed by atoms with Crippen LogP contribution in [0.2, 0.25) is 5.02 Å². The van der Waals surface area contributed by atoms with Gasteiger partial charge >= 0.3 is 0 Å². The van der Waals surface area contributed by atoms with E-state index in [4.69, 9.17) is 16.3 Å². The Kier molecular flexibility index (Phi) is 9.95. The number of benzene rings is 3. The summed E-state index contributed by atoms with van der Waals surface area (Å²) < 4.78 is 5.91. The van der Waals surface area contributed by atoms with Gasteiger partial charge in [0.25, 0.3) is 5.91 Å². The van der Waals surface area contributed by atoms with Gasteiger partial charge in [-0.3, -0.25) is 9.59 Å². The topological polar surface area (TPSA) is 58.6 Å². The number of carbonyl (C=O) groups is 2. The average Bonchev–Trinajstić information content (AvgIpc) is 2.87. The Hall–Kier alpha value is -3.31. The molecule has 5 nitrogen and oxygen atoms in total. The lowest BCUT2D eigenvalue weighted by Gasteiger charge is -2.31. The third kappa shape index (κ3) is 7.59. The molecular weight excluding hydrogens is 472 g/mol. The van der Waals surface area contributed by atoms with E-state index in [-0.39, 0.29) is 18.4 Å². The first-order valence-electron chi connectivity index (χ1n) is 12.3. The van der Waals surface area contributed by atoms with Gasteiger partial charge in [-0.1, -0.05) is 78.7 Å². The van der Waals surface area contributed by atoms with E-state index in [2.05, 4.69) is 5.32 Å². The maximum absolute atomic E-state index is 13.6. The lowest BCUT2D eigenvalue weighted by molar-refractivity contribution is -0.142. The number of amides is 2. The molecule has 190 valence electrons. The molecule has 0 aliphatic carbocycles. The highest BCUT2D eigenvalue weighted by atomic mass is 35.5. The van der Waals surface area contributed by atoms with Crippen LogP contribution in [-0.4, -0.2) is 35.9 Å². The molecule has 0 bridgehead atoms. The highest BCUT2D eigenvalue weighted by molar-refractivity contribution is 6.32. The summed E-state index contributed by atoms with van der Waals surface area (Å²) in [6.07, 6.45) is 1.22. The van der Waals surface area contributed by atoms with E-state index in [1.54, 1.807) is 4.90 Å². The Balaban J connectivity index is 1.91. The molecule has 0 spiro atoms. The molecule has 2 amide bonds. The van der Waals surface area contributed by atoms with Gasteiger partial charge in [0.15, 0.2) is 6.61 Å². The molecule has 0 heterocycles. The maximum atomic E-state index is 13.6. The summed E-state index contributed by atoms with van der Waals surface area (Å²) in [6, 6.07) is 20.7. The SMILES string of the molecule is CCCNC(=O)[C@H](Cc1ccccc1)N(Cc1cccc(C)c1)C(=O)COc1cc(C)c(Cl)c(C)c1. The van der Waals surface area contributed by atoms with Crippen molar-refractivity contribution in [3.05, 3.63) is 99.6 Å². The molecule has 3 rings (SSSR count). The van der Waals surface area contributed by atoms with Crippen molar-refractivity contribution >= 4 is 23.4 Å². The summed E-state index contributed by atoms with van der Waals surface area (Å²) in [4.78, 5) is 28.6. The minimum atomic E-state index is -0.677. The summed E-state index contributed by atoms with van der Waals surface area (Å²) >= 11 is 6.29. The van der Waals surface area contributed by atoms with E-state index in [0.717, 1.165) is 34.2 Å². The van der Waals surface area contributed by atoms with Crippen molar-refractivity contribution in [1.82, 2.24) is 10.2 Å². The molecular formula is C30H35ClN2O3. The maximum Gasteiger partial charge on any atom is 0.261 e. The van der Waals surface area contributed by atoms with Gasteiger partial charge in [-0.25, -0.2) is 0 Å². The minimum Gasteiger partial charge on any atom is -0.484 e. The van der Waals surface area contributed by atoms with Gasteiger partial charge in [0, 0.05) is 24.5 Å². The molecule has 0 aliphatic heterocycles. The molecule has 3 aromatic carbocycles. The van der Waals surface area contributed by atoms with Crippen LogP contribution in [0.3, 0.4) is 0 Å². The highest BCUT2D eigenvalue weighted by Gasteiger charge is 2.30. The van der Waals surface area contributed by atoms with Crippen molar-refractivity contribution in [2.45, 2.75) is 53.1 Å². The fraction of sp³-hybridized carbons (Fsp3) is 0.333. The molecule has 3 aromatic rings. The largest absolute Gasteiger partial charge is 0.484 e. The van der Waals surface area contributed by atoms with Crippen molar-refractivity contribution in [2.24, 2.45) is 0 Å². The van der Waals surface area contributed by atoms with Gasteiger partial charge in [0.1, 0.15) is 11.8 Å². The normalized spacial score (nSPS) is 11.6. The van der Waals surface area contributed by atoms with Gasteiger partial charge < -0.3 is 15.0 Å². The average molecular weight is 507 g/mol. The van der Waals surface area contributed by atoms with E-state index in [9.17, 15) is 9.59 Å². The first-order valence-corrected chi connectivity index (χ1v) is 12.7. The van der Waals surface area contributed by atoms with E-state index in [1.165, 1.54) is 0 Å². The molecule has 36 heavy (non-hydrogen) atoms. The number of nitrogens with zero attached hydrogens (tertiary/aromatic N) is 1. The van der Waals surface area contributed by atoms with Crippen LogP contribution in [0.15, 0.2) is 66.7 Å². The minimum absolute atomic E-state index is 0.167. The molecule has 1 atom stereocenters. The van der Waals surface area contributed by atoms with E-state index >= 15 is 0 Å². The number of aryl methyl sites for hydroxylation is 3. The summed E-state index contributed by atoms with van der Waals surface area (Å²) in [5, 5.41) is 3.68. The lowest BCUT2D eigenvalue weighted by Crippen LogP contribution is -2.51. The lowest BCUT2D eigenvalue weighted by atomic mass is 10.0. The fourth-order valence-corrected chi connectivity index (χ4v) is 4.25. The Morgan fingerprint density at radius 1 is 0.944 bits per heavy atom. The number of carbonyl (C=O) groups excluding carboxylic acids is 2. The van der Waals surface area contributed by atoms with Gasteiger partial charge in [-0.2, -0.15) is 0 Å². The molecule has 0 saturated heterocycles.